The van der Waals surface area contributed by atoms with Crippen molar-refractivity contribution in [3.8, 4) is 11.1 Å². The van der Waals surface area contributed by atoms with E-state index in [9.17, 15) is 19.5 Å². The molecular formula is C26H30N2O5. The lowest BCUT2D eigenvalue weighted by molar-refractivity contribution is -0.143. The maximum absolute atomic E-state index is 12.7. The van der Waals surface area contributed by atoms with E-state index in [0.717, 1.165) is 22.3 Å². The van der Waals surface area contributed by atoms with Gasteiger partial charge < -0.3 is 20.5 Å². The standard InChI is InChI=1S/C26H30N2O5/c1-4-5-14-22(24(29)28-23(16(2)3)25(30)31)27-26(32)33-15-21-19-12-8-6-10-17(19)18-11-7-9-13-20(18)21/h4,6-13,16,21-23H,1,5,14-15H2,2-3H3,(H,27,32)(H,28,29)(H,30,31). The molecule has 2 aromatic carbocycles. The SMILES string of the molecule is C=CCCC(NC(=O)OCC1c2ccccc2-c2ccccc21)C(=O)NC(C(=O)O)C(C)C. The molecular weight excluding hydrogens is 420 g/mol. The van der Waals surface area contributed by atoms with E-state index in [2.05, 4.69) is 29.3 Å². The summed E-state index contributed by atoms with van der Waals surface area (Å²) in [4.78, 5) is 36.8. The van der Waals surface area contributed by atoms with Crippen LogP contribution in [-0.4, -0.2) is 41.8 Å². The van der Waals surface area contributed by atoms with Crippen molar-refractivity contribution in [1.29, 1.82) is 0 Å². The number of hydrogen-bond acceptors (Lipinski definition) is 4. The molecule has 3 rings (SSSR count). The number of fused-ring (bicyclic) bond motifs is 3. The highest BCUT2D eigenvalue weighted by atomic mass is 16.5. The van der Waals surface area contributed by atoms with Crippen molar-refractivity contribution in [3.63, 3.8) is 0 Å². The summed E-state index contributed by atoms with van der Waals surface area (Å²) in [6, 6.07) is 14.1. The quantitative estimate of drug-likeness (QED) is 0.473. The number of carboxylic acid groups (broad SMARTS) is 1. The van der Waals surface area contributed by atoms with Crippen LogP contribution in [0.5, 0.6) is 0 Å². The number of ether oxygens (including phenoxy) is 1. The van der Waals surface area contributed by atoms with Crippen LogP contribution in [0.3, 0.4) is 0 Å². The van der Waals surface area contributed by atoms with E-state index in [1.807, 2.05) is 36.4 Å². The average Bonchev–Trinajstić information content (AvgIpc) is 3.12. The lowest BCUT2D eigenvalue weighted by Gasteiger charge is -2.23. The van der Waals surface area contributed by atoms with Crippen LogP contribution >= 0.6 is 0 Å². The fraction of sp³-hybridized carbons (Fsp3) is 0.346. The van der Waals surface area contributed by atoms with E-state index >= 15 is 0 Å². The number of alkyl carbamates (subject to hydrolysis) is 1. The highest BCUT2D eigenvalue weighted by molar-refractivity contribution is 5.89. The molecule has 0 saturated heterocycles. The molecule has 0 fully saturated rings. The second-order valence-electron chi connectivity index (χ2n) is 8.46. The number of allylic oxidation sites excluding steroid dienone is 1. The average molecular weight is 451 g/mol. The van der Waals surface area contributed by atoms with Crippen LogP contribution < -0.4 is 10.6 Å². The van der Waals surface area contributed by atoms with E-state index in [1.165, 1.54) is 0 Å². The molecule has 0 bridgehead atoms. The zero-order valence-corrected chi connectivity index (χ0v) is 18.9. The minimum atomic E-state index is -1.12. The Labute approximate surface area is 193 Å². The first kappa shape index (κ1) is 24.0. The van der Waals surface area contributed by atoms with Crippen LogP contribution in [0.1, 0.15) is 43.7 Å². The molecule has 33 heavy (non-hydrogen) atoms. The monoisotopic (exact) mass is 450 g/mol. The van der Waals surface area contributed by atoms with Gasteiger partial charge in [0.05, 0.1) is 0 Å². The van der Waals surface area contributed by atoms with Gasteiger partial charge in [0.15, 0.2) is 0 Å². The molecule has 0 radical (unpaired) electrons. The Morgan fingerprint density at radius 1 is 1.03 bits per heavy atom. The molecule has 2 atom stereocenters. The Bertz CT molecular complexity index is 987. The predicted octanol–water partition coefficient (Wildman–Crippen LogP) is 4.09. The molecule has 1 aliphatic carbocycles. The Balaban J connectivity index is 1.67. The summed E-state index contributed by atoms with van der Waals surface area (Å²) in [5.41, 5.74) is 4.43. The number of amides is 2. The summed E-state index contributed by atoms with van der Waals surface area (Å²) >= 11 is 0. The maximum Gasteiger partial charge on any atom is 0.407 e. The lowest BCUT2D eigenvalue weighted by atomic mass is 9.98. The summed E-state index contributed by atoms with van der Waals surface area (Å²) in [5, 5.41) is 14.5. The van der Waals surface area contributed by atoms with E-state index < -0.39 is 30.1 Å². The third-order valence-electron chi connectivity index (χ3n) is 5.84. The lowest BCUT2D eigenvalue weighted by Crippen LogP contribution is -2.53. The fourth-order valence-corrected chi connectivity index (χ4v) is 4.10. The van der Waals surface area contributed by atoms with Gasteiger partial charge in [0.1, 0.15) is 18.7 Å². The molecule has 0 saturated carbocycles. The molecule has 3 N–H and O–H groups in total. The number of carboxylic acids is 1. The van der Waals surface area contributed by atoms with Gasteiger partial charge in [-0.15, -0.1) is 6.58 Å². The van der Waals surface area contributed by atoms with Gasteiger partial charge in [0, 0.05) is 5.92 Å². The number of hydrogen-bond donors (Lipinski definition) is 3. The van der Waals surface area contributed by atoms with Crippen LogP contribution in [-0.2, 0) is 14.3 Å². The van der Waals surface area contributed by atoms with Gasteiger partial charge in [-0.2, -0.15) is 0 Å². The summed E-state index contributed by atoms with van der Waals surface area (Å²) in [6.45, 7) is 7.18. The van der Waals surface area contributed by atoms with E-state index in [-0.39, 0.29) is 24.9 Å². The smallest absolute Gasteiger partial charge is 0.407 e. The number of nitrogens with one attached hydrogen (secondary N) is 2. The van der Waals surface area contributed by atoms with Crippen molar-refractivity contribution in [2.45, 2.75) is 44.7 Å². The zero-order chi connectivity index (χ0) is 24.0. The Morgan fingerprint density at radius 2 is 1.61 bits per heavy atom. The normalized spacial score (nSPS) is 14.0. The van der Waals surface area contributed by atoms with Gasteiger partial charge in [0.25, 0.3) is 0 Å². The van der Waals surface area contributed by atoms with Gasteiger partial charge >= 0.3 is 12.1 Å². The first-order valence-electron chi connectivity index (χ1n) is 11.1. The highest BCUT2D eigenvalue weighted by Crippen LogP contribution is 2.44. The number of aliphatic carboxylic acids is 1. The summed E-state index contributed by atoms with van der Waals surface area (Å²) in [7, 11) is 0. The molecule has 7 heteroatoms. The molecule has 2 aromatic rings. The third-order valence-corrected chi connectivity index (χ3v) is 5.84. The van der Waals surface area contributed by atoms with Crippen molar-refractivity contribution < 1.29 is 24.2 Å². The largest absolute Gasteiger partial charge is 0.480 e. The van der Waals surface area contributed by atoms with Crippen LogP contribution in [0.15, 0.2) is 61.2 Å². The molecule has 0 aliphatic heterocycles. The number of carbonyl (C=O) groups excluding carboxylic acids is 2. The second-order valence-corrected chi connectivity index (χ2v) is 8.46. The molecule has 0 aromatic heterocycles. The summed E-state index contributed by atoms with van der Waals surface area (Å²) in [6.07, 6.45) is 1.67. The van der Waals surface area contributed by atoms with Crippen molar-refractivity contribution >= 4 is 18.0 Å². The Morgan fingerprint density at radius 3 is 2.12 bits per heavy atom. The second kappa shape index (κ2) is 10.8. The predicted molar refractivity (Wildman–Crippen MR) is 126 cm³/mol. The Hall–Kier alpha value is -3.61. The molecule has 0 heterocycles. The minimum Gasteiger partial charge on any atom is -0.480 e. The van der Waals surface area contributed by atoms with Gasteiger partial charge in [-0.1, -0.05) is 68.5 Å². The summed E-state index contributed by atoms with van der Waals surface area (Å²) < 4.78 is 5.53. The van der Waals surface area contributed by atoms with Crippen molar-refractivity contribution in [2.75, 3.05) is 6.61 Å². The van der Waals surface area contributed by atoms with Gasteiger partial charge in [-0.3, -0.25) is 4.79 Å². The van der Waals surface area contributed by atoms with Crippen molar-refractivity contribution in [2.24, 2.45) is 5.92 Å². The van der Waals surface area contributed by atoms with Gasteiger partial charge in [0.2, 0.25) is 5.91 Å². The molecule has 1 aliphatic rings. The fourth-order valence-electron chi connectivity index (χ4n) is 4.10. The first-order chi connectivity index (χ1) is 15.8. The number of carbonyl (C=O) groups is 3. The molecule has 174 valence electrons. The van der Waals surface area contributed by atoms with E-state index in [4.69, 9.17) is 4.74 Å². The van der Waals surface area contributed by atoms with E-state index in [0.29, 0.717) is 6.42 Å². The topological polar surface area (TPSA) is 105 Å². The minimum absolute atomic E-state index is 0.0964. The van der Waals surface area contributed by atoms with Gasteiger partial charge in [-0.05, 0) is 41.0 Å². The first-order valence-corrected chi connectivity index (χ1v) is 11.1. The molecule has 2 amide bonds. The van der Waals surface area contributed by atoms with Crippen LogP contribution in [0.4, 0.5) is 4.79 Å². The molecule has 2 unspecified atom stereocenters. The van der Waals surface area contributed by atoms with Crippen LogP contribution in [0.25, 0.3) is 11.1 Å². The molecule has 7 nitrogen and oxygen atoms in total. The molecule has 0 spiro atoms. The number of rotatable bonds is 10. The van der Waals surface area contributed by atoms with Crippen molar-refractivity contribution in [1.82, 2.24) is 10.6 Å². The Kier molecular flexibility index (Phi) is 7.87. The van der Waals surface area contributed by atoms with Gasteiger partial charge in [-0.25, -0.2) is 9.59 Å². The maximum atomic E-state index is 12.7. The van der Waals surface area contributed by atoms with E-state index in [1.54, 1.807) is 19.9 Å². The zero-order valence-electron chi connectivity index (χ0n) is 18.9. The third kappa shape index (κ3) is 5.61. The van der Waals surface area contributed by atoms with Crippen LogP contribution in [0.2, 0.25) is 0 Å². The highest BCUT2D eigenvalue weighted by Gasteiger charge is 2.31. The van der Waals surface area contributed by atoms with Crippen molar-refractivity contribution in [3.05, 3.63) is 72.3 Å². The summed E-state index contributed by atoms with van der Waals surface area (Å²) in [5.74, 6) is -2.09. The van der Waals surface area contributed by atoms with Crippen LogP contribution in [0, 0.1) is 5.92 Å². The number of benzene rings is 2.